The number of carbonyl (C=O) groups is 2. The van der Waals surface area contributed by atoms with E-state index in [0.29, 0.717) is 25.0 Å². The van der Waals surface area contributed by atoms with E-state index >= 15 is 0 Å². The van der Waals surface area contributed by atoms with Gasteiger partial charge in [-0.25, -0.2) is 0 Å². The number of hydrogen-bond donors (Lipinski definition) is 1. The fourth-order valence-corrected chi connectivity index (χ4v) is 3.79. The van der Waals surface area contributed by atoms with Crippen molar-refractivity contribution in [2.75, 3.05) is 13.1 Å². The fourth-order valence-electron chi connectivity index (χ4n) is 3.79. The summed E-state index contributed by atoms with van der Waals surface area (Å²) in [6.45, 7) is 1.04. The van der Waals surface area contributed by atoms with Gasteiger partial charge in [-0.3, -0.25) is 14.5 Å². The molecular formula is C15H24N2O3. The molecule has 1 unspecified atom stereocenters. The van der Waals surface area contributed by atoms with Crippen LogP contribution in [0.2, 0.25) is 0 Å². The largest absolute Gasteiger partial charge is 0.480 e. The standard InChI is InChI=1S/C15H24N2O3/c18-14(10-16-9-3-6-13(16)15(19)20)17(12-7-8-12)11-4-1-2-5-11/h11-13H,1-10H2,(H,19,20). The molecule has 2 aliphatic carbocycles. The van der Waals surface area contributed by atoms with Crippen LogP contribution in [0.5, 0.6) is 0 Å². The summed E-state index contributed by atoms with van der Waals surface area (Å²) in [6, 6.07) is 0.404. The lowest BCUT2D eigenvalue weighted by Gasteiger charge is -2.31. The molecule has 5 nitrogen and oxygen atoms in total. The molecule has 0 aromatic heterocycles. The highest BCUT2D eigenvalue weighted by molar-refractivity contribution is 5.81. The summed E-state index contributed by atoms with van der Waals surface area (Å²) in [4.78, 5) is 27.8. The smallest absolute Gasteiger partial charge is 0.320 e. The molecule has 1 aliphatic heterocycles. The zero-order valence-electron chi connectivity index (χ0n) is 12.0. The number of nitrogens with zero attached hydrogens (tertiary/aromatic N) is 2. The first-order chi connectivity index (χ1) is 9.66. The van der Waals surface area contributed by atoms with Crippen LogP contribution in [0.25, 0.3) is 0 Å². The Bertz CT molecular complexity index is 389. The van der Waals surface area contributed by atoms with Gasteiger partial charge in [0.25, 0.3) is 0 Å². The van der Waals surface area contributed by atoms with Gasteiger partial charge in [0, 0.05) is 12.1 Å². The molecule has 0 bridgehead atoms. The predicted octanol–water partition coefficient (Wildman–Crippen LogP) is 1.47. The fraction of sp³-hybridized carbons (Fsp3) is 0.867. The van der Waals surface area contributed by atoms with E-state index in [1.165, 1.54) is 12.8 Å². The van der Waals surface area contributed by atoms with Crippen molar-refractivity contribution in [3.05, 3.63) is 0 Å². The third-order valence-electron chi connectivity index (χ3n) is 4.93. The molecule has 1 saturated heterocycles. The average molecular weight is 280 g/mol. The van der Waals surface area contributed by atoms with Gasteiger partial charge in [-0.05, 0) is 45.1 Å². The van der Waals surface area contributed by atoms with Gasteiger partial charge in [-0.2, -0.15) is 0 Å². The molecule has 5 heteroatoms. The van der Waals surface area contributed by atoms with Crippen molar-refractivity contribution in [3.63, 3.8) is 0 Å². The van der Waals surface area contributed by atoms with Gasteiger partial charge in [0.1, 0.15) is 6.04 Å². The van der Waals surface area contributed by atoms with E-state index < -0.39 is 12.0 Å². The highest BCUT2D eigenvalue weighted by Crippen LogP contribution is 2.34. The maximum atomic E-state index is 12.6. The lowest BCUT2D eigenvalue weighted by molar-refractivity contribution is -0.144. The van der Waals surface area contributed by atoms with Crippen LogP contribution in [0, 0.1) is 0 Å². The van der Waals surface area contributed by atoms with E-state index in [1.54, 1.807) is 0 Å². The van der Waals surface area contributed by atoms with Crippen molar-refractivity contribution < 1.29 is 14.7 Å². The predicted molar refractivity (Wildman–Crippen MR) is 74.4 cm³/mol. The lowest BCUT2D eigenvalue weighted by atomic mass is 10.2. The van der Waals surface area contributed by atoms with E-state index in [4.69, 9.17) is 0 Å². The van der Waals surface area contributed by atoms with E-state index in [-0.39, 0.29) is 5.91 Å². The van der Waals surface area contributed by atoms with Crippen LogP contribution in [0.1, 0.15) is 51.4 Å². The monoisotopic (exact) mass is 280 g/mol. The van der Waals surface area contributed by atoms with Gasteiger partial charge >= 0.3 is 5.97 Å². The summed E-state index contributed by atoms with van der Waals surface area (Å²) >= 11 is 0. The Morgan fingerprint density at radius 2 is 1.65 bits per heavy atom. The first-order valence-corrected chi connectivity index (χ1v) is 7.95. The van der Waals surface area contributed by atoms with Crippen molar-refractivity contribution in [2.24, 2.45) is 0 Å². The quantitative estimate of drug-likeness (QED) is 0.828. The van der Waals surface area contributed by atoms with E-state index in [0.717, 1.165) is 38.6 Å². The molecule has 2 saturated carbocycles. The van der Waals surface area contributed by atoms with E-state index in [9.17, 15) is 14.7 Å². The molecule has 1 N–H and O–H groups in total. The maximum absolute atomic E-state index is 12.6. The molecule has 3 fully saturated rings. The zero-order valence-corrected chi connectivity index (χ0v) is 12.0. The number of likely N-dealkylation sites (tertiary alicyclic amines) is 1. The zero-order chi connectivity index (χ0) is 14.1. The second-order valence-electron chi connectivity index (χ2n) is 6.44. The second-order valence-corrected chi connectivity index (χ2v) is 6.44. The van der Waals surface area contributed by atoms with Crippen molar-refractivity contribution in [1.82, 2.24) is 9.80 Å². The van der Waals surface area contributed by atoms with Crippen LogP contribution in [-0.4, -0.2) is 58.0 Å². The van der Waals surface area contributed by atoms with Crippen LogP contribution in [0.15, 0.2) is 0 Å². The number of rotatable bonds is 5. The highest BCUT2D eigenvalue weighted by Gasteiger charge is 2.40. The van der Waals surface area contributed by atoms with Crippen molar-refractivity contribution >= 4 is 11.9 Å². The number of carboxylic acid groups (broad SMARTS) is 1. The molecule has 0 spiro atoms. The number of carboxylic acids is 1. The van der Waals surface area contributed by atoms with Crippen molar-refractivity contribution in [2.45, 2.75) is 69.5 Å². The lowest BCUT2D eigenvalue weighted by Crippen LogP contribution is -2.48. The minimum atomic E-state index is -0.783. The van der Waals surface area contributed by atoms with Gasteiger partial charge < -0.3 is 10.0 Å². The van der Waals surface area contributed by atoms with Crippen LogP contribution in [-0.2, 0) is 9.59 Å². The highest BCUT2D eigenvalue weighted by atomic mass is 16.4. The Morgan fingerprint density at radius 3 is 2.25 bits per heavy atom. The molecule has 20 heavy (non-hydrogen) atoms. The van der Waals surface area contributed by atoms with Gasteiger partial charge in [-0.1, -0.05) is 12.8 Å². The van der Waals surface area contributed by atoms with Crippen LogP contribution >= 0.6 is 0 Å². The molecule has 3 aliphatic rings. The normalized spacial score (nSPS) is 27.9. The average Bonchev–Trinajstić information content (AvgIpc) is 2.91. The minimum Gasteiger partial charge on any atom is -0.480 e. The molecule has 1 heterocycles. The first kappa shape index (κ1) is 13.9. The molecule has 1 amide bonds. The van der Waals surface area contributed by atoms with Gasteiger partial charge in [0.15, 0.2) is 0 Å². The first-order valence-electron chi connectivity index (χ1n) is 7.95. The third kappa shape index (κ3) is 2.82. The number of carbonyl (C=O) groups excluding carboxylic acids is 1. The van der Waals surface area contributed by atoms with Crippen LogP contribution < -0.4 is 0 Å². The topological polar surface area (TPSA) is 60.9 Å². The van der Waals surface area contributed by atoms with Crippen LogP contribution in [0.3, 0.4) is 0 Å². The van der Waals surface area contributed by atoms with Gasteiger partial charge in [0.2, 0.25) is 5.91 Å². The van der Waals surface area contributed by atoms with Crippen molar-refractivity contribution in [3.8, 4) is 0 Å². The van der Waals surface area contributed by atoms with E-state index in [1.807, 2.05) is 4.90 Å². The van der Waals surface area contributed by atoms with Crippen LogP contribution in [0.4, 0.5) is 0 Å². The molecule has 0 radical (unpaired) electrons. The molecule has 112 valence electrons. The second kappa shape index (κ2) is 5.72. The summed E-state index contributed by atoms with van der Waals surface area (Å²) in [6.07, 6.45) is 8.53. The van der Waals surface area contributed by atoms with Crippen molar-refractivity contribution in [1.29, 1.82) is 0 Å². The maximum Gasteiger partial charge on any atom is 0.320 e. The summed E-state index contributed by atoms with van der Waals surface area (Å²) in [5.74, 6) is -0.623. The van der Waals surface area contributed by atoms with Gasteiger partial charge in [0.05, 0.1) is 6.54 Å². The summed E-state index contributed by atoms with van der Waals surface area (Å²) < 4.78 is 0. The minimum absolute atomic E-state index is 0.160. The Kier molecular flexibility index (Phi) is 3.96. The number of amides is 1. The molecule has 0 aromatic carbocycles. The Labute approximate surface area is 119 Å². The molecule has 0 aromatic rings. The summed E-state index contributed by atoms with van der Waals surface area (Å²) in [5, 5.41) is 9.20. The third-order valence-corrected chi connectivity index (χ3v) is 4.93. The van der Waals surface area contributed by atoms with Gasteiger partial charge in [-0.15, -0.1) is 0 Å². The molecular weight excluding hydrogens is 256 g/mol. The number of hydrogen-bond acceptors (Lipinski definition) is 3. The summed E-state index contributed by atoms with van der Waals surface area (Å²) in [7, 11) is 0. The number of aliphatic carboxylic acids is 1. The Hall–Kier alpha value is -1.10. The Balaban J connectivity index is 1.63. The Morgan fingerprint density at radius 1 is 1.00 bits per heavy atom. The summed E-state index contributed by atoms with van der Waals surface area (Å²) in [5.41, 5.74) is 0. The SMILES string of the molecule is O=C(O)C1CCCN1CC(=O)N(C1CCCC1)C1CC1. The molecule has 1 atom stereocenters. The molecule has 3 rings (SSSR count). The van der Waals surface area contributed by atoms with E-state index in [2.05, 4.69) is 4.90 Å².